The van der Waals surface area contributed by atoms with Crippen LogP contribution < -0.4 is 5.32 Å². The van der Waals surface area contributed by atoms with Crippen LogP contribution in [0.3, 0.4) is 0 Å². The fraction of sp³-hybridized carbons (Fsp3) is 0.667. The molecule has 1 saturated heterocycles. The van der Waals surface area contributed by atoms with E-state index in [0.29, 0.717) is 12.0 Å². The van der Waals surface area contributed by atoms with E-state index in [1.165, 1.54) is 5.56 Å². The standard InChI is InChI=1S/C18H29FN2/c1-5-18(4)13-21(17(12-20-18)14(2)3)11-10-15-6-8-16(19)9-7-15/h6-9,14,17,20H,5,10-13H2,1-4H3. The van der Waals surface area contributed by atoms with Crippen LogP contribution >= 0.6 is 0 Å². The van der Waals surface area contributed by atoms with Gasteiger partial charge in [0.2, 0.25) is 0 Å². The number of nitrogens with one attached hydrogen (secondary N) is 1. The molecule has 0 amide bonds. The van der Waals surface area contributed by atoms with E-state index in [1.807, 2.05) is 12.1 Å². The molecule has 0 radical (unpaired) electrons. The van der Waals surface area contributed by atoms with E-state index >= 15 is 0 Å². The van der Waals surface area contributed by atoms with Gasteiger partial charge in [0.15, 0.2) is 0 Å². The summed E-state index contributed by atoms with van der Waals surface area (Å²) in [7, 11) is 0. The maximum atomic E-state index is 13.0. The molecule has 1 aromatic rings. The molecule has 21 heavy (non-hydrogen) atoms. The lowest BCUT2D eigenvalue weighted by molar-refractivity contribution is 0.0613. The van der Waals surface area contributed by atoms with Crippen LogP contribution in [0, 0.1) is 11.7 Å². The Morgan fingerprint density at radius 2 is 2.00 bits per heavy atom. The lowest BCUT2D eigenvalue weighted by atomic mass is 9.89. The van der Waals surface area contributed by atoms with Crippen LogP contribution in [-0.2, 0) is 6.42 Å². The van der Waals surface area contributed by atoms with Gasteiger partial charge in [-0.1, -0.05) is 32.9 Å². The molecule has 0 bridgehead atoms. The Hall–Kier alpha value is -0.930. The fourth-order valence-electron chi connectivity index (χ4n) is 3.16. The lowest BCUT2D eigenvalue weighted by Gasteiger charge is -2.47. The van der Waals surface area contributed by atoms with Gasteiger partial charge in [0.05, 0.1) is 0 Å². The maximum Gasteiger partial charge on any atom is 0.123 e. The molecule has 0 aromatic heterocycles. The first-order chi connectivity index (χ1) is 9.93. The highest BCUT2D eigenvalue weighted by Crippen LogP contribution is 2.23. The molecule has 1 aliphatic heterocycles. The van der Waals surface area contributed by atoms with Crippen LogP contribution in [0.15, 0.2) is 24.3 Å². The number of piperazine rings is 1. The van der Waals surface area contributed by atoms with Gasteiger partial charge in [-0.15, -0.1) is 0 Å². The van der Waals surface area contributed by atoms with Crippen LogP contribution in [0.25, 0.3) is 0 Å². The first kappa shape index (κ1) is 16.4. The third-order valence-corrected chi connectivity index (χ3v) is 4.91. The van der Waals surface area contributed by atoms with Crippen LogP contribution in [-0.4, -0.2) is 36.1 Å². The zero-order valence-electron chi connectivity index (χ0n) is 13.8. The van der Waals surface area contributed by atoms with Crippen LogP contribution in [0.1, 0.15) is 39.7 Å². The average Bonchev–Trinajstić information content (AvgIpc) is 2.46. The Morgan fingerprint density at radius 3 is 2.57 bits per heavy atom. The summed E-state index contributed by atoms with van der Waals surface area (Å²) in [6.45, 7) is 12.4. The second-order valence-electron chi connectivity index (χ2n) is 6.95. The molecule has 0 spiro atoms. The molecule has 118 valence electrons. The van der Waals surface area contributed by atoms with Crippen molar-refractivity contribution in [2.24, 2.45) is 5.92 Å². The largest absolute Gasteiger partial charge is 0.309 e. The number of halogens is 1. The zero-order valence-corrected chi connectivity index (χ0v) is 13.8. The fourth-order valence-corrected chi connectivity index (χ4v) is 3.16. The SMILES string of the molecule is CCC1(C)CN(CCc2ccc(F)cc2)C(C(C)C)CN1. The summed E-state index contributed by atoms with van der Waals surface area (Å²) in [5.74, 6) is 0.492. The first-order valence-corrected chi connectivity index (χ1v) is 8.17. The van der Waals surface area contributed by atoms with Crippen molar-refractivity contribution >= 4 is 0 Å². The minimum Gasteiger partial charge on any atom is -0.309 e. The van der Waals surface area contributed by atoms with E-state index in [4.69, 9.17) is 0 Å². The van der Waals surface area contributed by atoms with Gasteiger partial charge in [0.25, 0.3) is 0 Å². The van der Waals surface area contributed by atoms with Crippen molar-refractivity contribution in [3.63, 3.8) is 0 Å². The van der Waals surface area contributed by atoms with E-state index in [-0.39, 0.29) is 11.4 Å². The number of benzene rings is 1. The monoisotopic (exact) mass is 292 g/mol. The van der Waals surface area contributed by atoms with Gasteiger partial charge in [-0.2, -0.15) is 0 Å². The highest BCUT2D eigenvalue weighted by molar-refractivity contribution is 5.16. The Labute approximate surface area is 128 Å². The summed E-state index contributed by atoms with van der Waals surface area (Å²) in [4.78, 5) is 2.62. The summed E-state index contributed by atoms with van der Waals surface area (Å²) < 4.78 is 13.0. The van der Waals surface area contributed by atoms with Gasteiger partial charge < -0.3 is 5.32 Å². The number of nitrogens with zero attached hydrogens (tertiary/aromatic N) is 1. The number of rotatable bonds is 5. The second kappa shape index (κ2) is 6.89. The third kappa shape index (κ3) is 4.27. The normalized spacial score (nSPS) is 27.2. The molecule has 1 aliphatic rings. The minimum atomic E-state index is -0.153. The zero-order chi connectivity index (χ0) is 15.5. The second-order valence-corrected chi connectivity index (χ2v) is 6.95. The van der Waals surface area contributed by atoms with Gasteiger partial charge in [-0.3, -0.25) is 4.90 Å². The van der Waals surface area contributed by atoms with Crippen molar-refractivity contribution in [2.75, 3.05) is 19.6 Å². The molecular formula is C18H29FN2. The molecule has 0 saturated carbocycles. The number of hydrogen-bond donors (Lipinski definition) is 1. The van der Waals surface area contributed by atoms with Gasteiger partial charge in [-0.05, 0) is 43.4 Å². The molecule has 1 fully saturated rings. The maximum absolute atomic E-state index is 13.0. The van der Waals surface area contributed by atoms with E-state index in [2.05, 4.69) is 37.9 Å². The average molecular weight is 292 g/mol. The van der Waals surface area contributed by atoms with E-state index in [9.17, 15) is 4.39 Å². The van der Waals surface area contributed by atoms with Gasteiger partial charge in [0.1, 0.15) is 5.82 Å². The Balaban J connectivity index is 2.00. The summed E-state index contributed by atoms with van der Waals surface area (Å²) in [6, 6.07) is 7.51. The topological polar surface area (TPSA) is 15.3 Å². The van der Waals surface area contributed by atoms with Gasteiger partial charge in [0, 0.05) is 31.2 Å². The van der Waals surface area contributed by atoms with Crippen molar-refractivity contribution in [1.29, 1.82) is 0 Å². The Morgan fingerprint density at radius 1 is 1.33 bits per heavy atom. The van der Waals surface area contributed by atoms with E-state index < -0.39 is 0 Å². The van der Waals surface area contributed by atoms with Crippen molar-refractivity contribution in [3.05, 3.63) is 35.6 Å². The Bertz CT molecular complexity index is 443. The summed E-state index contributed by atoms with van der Waals surface area (Å²) >= 11 is 0. The predicted molar refractivity (Wildman–Crippen MR) is 87.0 cm³/mol. The van der Waals surface area contributed by atoms with Crippen LogP contribution in [0.4, 0.5) is 4.39 Å². The molecule has 0 aliphatic carbocycles. The highest BCUT2D eigenvalue weighted by atomic mass is 19.1. The minimum absolute atomic E-state index is 0.153. The van der Waals surface area contributed by atoms with Crippen molar-refractivity contribution in [3.8, 4) is 0 Å². The molecule has 1 heterocycles. The summed E-state index contributed by atoms with van der Waals surface area (Å²) in [6.07, 6.45) is 2.13. The van der Waals surface area contributed by atoms with Crippen molar-refractivity contribution < 1.29 is 4.39 Å². The molecule has 2 rings (SSSR count). The van der Waals surface area contributed by atoms with Crippen molar-refractivity contribution in [2.45, 2.75) is 52.1 Å². The molecule has 3 heteroatoms. The van der Waals surface area contributed by atoms with Crippen LogP contribution in [0.2, 0.25) is 0 Å². The van der Waals surface area contributed by atoms with E-state index in [0.717, 1.165) is 32.5 Å². The van der Waals surface area contributed by atoms with E-state index in [1.54, 1.807) is 12.1 Å². The van der Waals surface area contributed by atoms with Gasteiger partial charge in [-0.25, -0.2) is 4.39 Å². The quantitative estimate of drug-likeness (QED) is 0.894. The molecule has 1 N–H and O–H groups in total. The summed E-state index contributed by atoms with van der Waals surface area (Å²) in [5.41, 5.74) is 1.43. The molecule has 2 atom stereocenters. The Kier molecular flexibility index (Phi) is 5.39. The molecule has 2 nitrogen and oxygen atoms in total. The highest BCUT2D eigenvalue weighted by Gasteiger charge is 2.35. The number of hydrogen-bond acceptors (Lipinski definition) is 2. The van der Waals surface area contributed by atoms with Crippen LogP contribution in [0.5, 0.6) is 0 Å². The lowest BCUT2D eigenvalue weighted by Crippen LogP contribution is -2.64. The van der Waals surface area contributed by atoms with Crippen molar-refractivity contribution in [1.82, 2.24) is 10.2 Å². The predicted octanol–water partition coefficient (Wildman–Crippen LogP) is 3.47. The molecular weight excluding hydrogens is 263 g/mol. The summed E-state index contributed by atoms with van der Waals surface area (Å²) in [5, 5.41) is 3.72. The third-order valence-electron chi connectivity index (χ3n) is 4.91. The molecule has 1 aromatic carbocycles. The first-order valence-electron chi connectivity index (χ1n) is 8.17. The smallest absolute Gasteiger partial charge is 0.123 e. The molecule has 2 unspecified atom stereocenters. The van der Waals surface area contributed by atoms with Gasteiger partial charge >= 0.3 is 0 Å².